The molecule has 8 heteroatoms. The van der Waals surface area contributed by atoms with Gasteiger partial charge in [0.2, 0.25) is 10.0 Å². The molecule has 146 valence electrons. The number of hydrogen-bond acceptors (Lipinski definition) is 5. The molecule has 6 nitrogen and oxygen atoms in total. The molecule has 2 heterocycles. The molecule has 0 spiro atoms. The molecule has 1 saturated heterocycles. The van der Waals surface area contributed by atoms with Gasteiger partial charge in [-0.1, -0.05) is 22.9 Å². The molecule has 1 aliphatic rings. The standard InChI is InChI=1S/C20H20FN3O3S/c1-14-2-4-16(5-3-14)20-22-19(23-27-20)15-10-12-24(13-11-15)28(25,26)18-8-6-17(21)7-9-18/h2-9,15H,10-13H2,1H3. The molecule has 3 aromatic rings. The summed E-state index contributed by atoms with van der Waals surface area (Å²) in [7, 11) is -3.62. The van der Waals surface area contributed by atoms with Crippen molar-refractivity contribution in [2.45, 2.75) is 30.6 Å². The molecule has 0 N–H and O–H groups in total. The van der Waals surface area contributed by atoms with Gasteiger partial charge in [-0.3, -0.25) is 0 Å². The summed E-state index contributed by atoms with van der Waals surface area (Å²) >= 11 is 0. The summed E-state index contributed by atoms with van der Waals surface area (Å²) < 4.78 is 45.3. The third-order valence-electron chi connectivity index (χ3n) is 5.01. The molecular formula is C20H20FN3O3S. The molecule has 1 aliphatic heterocycles. The Kier molecular flexibility index (Phi) is 4.99. The summed E-state index contributed by atoms with van der Waals surface area (Å²) in [6.07, 6.45) is 1.21. The Labute approximate surface area is 163 Å². The molecule has 1 fully saturated rings. The first kappa shape index (κ1) is 18.8. The van der Waals surface area contributed by atoms with Crippen LogP contribution in [0.1, 0.15) is 30.1 Å². The Balaban J connectivity index is 1.44. The smallest absolute Gasteiger partial charge is 0.257 e. The molecule has 0 atom stereocenters. The first-order valence-corrected chi connectivity index (χ1v) is 10.5. The predicted molar refractivity (Wildman–Crippen MR) is 102 cm³/mol. The minimum absolute atomic E-state index is 0.0441. The summed E-state index contributed by atoms with van der Waals surface area (Å²) in [5, 5.41) is 4.10. The maximum atomic E-state index is 13.1. The summed E-state index contributed by atoms with van der Waals surface area (Å²) in [5.41, 5.74) is 2.01. The molecule has 0 aliphatic carbocycles. The highest BCUT2D eigenvalue weighted by Crippen LogP contribution is 2.30. The first-order chi connectivity index (χ1) is 13.4. The van der Waals surface area contributed by atoms with Crippen LogP contribution in [0.3, 0.4) is 0 Å². The Morgan fingerprint density at radius 3 is 2.32 bits per heavy atom. The zero-order chi connectivity index (χ0) is 19.7. The number of aromatic nitrogens is 2. The average molecular weight is 401 g/mol. The van der Waals surface area contributed by atoms with Gasteiger partial charge in [0.15, 0.2) is 5.82 Å². The number of hydrogen-bond donors (Lipinski definition) is 0. The largest absolute Gasteiger partial charge is 0.334 e. The number of sulfonamides is 1. The van der Waals surface area contributed by atoms with Gasteiger partial charge in [-0.25, -0.2) is 12.8 Å². The van der Waals surface area contributed by atoms with Crippen molar-refractivity contribution in [1.82, 2.24) is 14.4 Å². The highest BCUT2D eigenvalue weighted by Gasteiger charge is 2.31. The maximum Gasteiger partial charge on any atom is 0.257 e. The second-order valence-corrected chi connectivity index (χ2v) is 8.89. The molecule has 0 saturated carbocycles. The lowest BCUT2D eigenvalue weighted by atomic mass is 9.97. The van der Waals surface area contributed by atoms with Gasteiger partial charge < -0.3 is 4.52 Å². The normalized spacial score (nSPS) is 16.4. The van der Waals surface area contributed by atoms with Crippen LogP contribution in [0, 0.1) is 12.7 Å². The van der Waals surface area contributed by atoms with Gasteiger partial charge >= 0.3 is 0 Å². The number of nitrogens with zero attached hydrogens (tertiary/aromatic N) is 3. The Hall–Kier alpha value is -2.58. The Bertz CT molecular complexity index is 1050. The number of aryl methyl sites for hydroxylation is 1. The molecule has 0 bridgehead atoms. The summed E-state index contributed by atoms with van der Waals surface area (Å²) in [6, 6.07) is 12.7. The van der Waals surface area contributed by atoms with Gasteiger partial charge in [-0.05, 0) is 56.2 Å². The third kappa shape index (κ3) is 3.70. The number of rotatable bonds is 4. The molecule has 0 amide bonds. The van der Waals surface area contributed by atoms with Crippen LogP contribution >= 0.6 is 0 Å². The second-order valence-electron chi connectivity index (χ2n) is 6.96. The van der Waals surface area contributed by atoms with E-state index < -0.39 is 15.8 Å². The van der Waals surface area contributed by atoms with E-state index in [9.17, 15) is 12.8 Å². The summed E-state index contributed by atoms with van der Waals surface area (Å²) in [6.45, 7) is 2.73. The van der Waals surface area contributed by atoms with Crippen LogP contribution in [0.5, 0.6) is 0 Å². The molecule has 2 aromatic carbocycles. The first-order valence-electron chi connectivity index (χ1n) is 9.10. The van der Waals surface area contributed by atoms with E-state index in [1.807, 2.05) is 31.2 Å². The van der Waals surface area contributed by atoms with Crippen LogP contribution in [-0.4, -0.2) is 36.0 Å². The van der Waals surface area contributed by atoms with Crippen molar-refractivity contribution in [2.24, 2.45) is 0 Å². The van der Waals surface area contributed by atoms with Crippen molar-refractivity contribution in [2.75, 3.05) is 13.1 Å². The quantitative estimate of drug-likeness (QED) is 0.665. The van der Waals surface area contributed by atoms with E-state index in [0.29, 0.717) is 37.6 Å². The van der Waals surface area contributed by atoms with E-state index >= 15 is 0 Å². The molecule has 0 unspecified atom stereocenters. The Morgan fingerprint density at radius 1 is 1.04 bits per heavy atom. The van der Waals surface area contributed by atoms with Gasteiger partial charge in [0.05, 0.1) is 4.90 Å². The second kappa shape index (κ2) is 7.44. The molecule has 28 heavy (non-hydrogen) atoms. The summed E-state index contributed by atoms with van der Waals surface area (Å²) in [5.74, 6) is 0.660. The van der Waals surface area contributed by atoms with Crippen LogP contribution in [0.4, 0.5) is 4.39 Å². The zero-order valence-corrected chi connectivity index (χ0v) is 16.2. The van der Waals surface area contributed by atoms with E-state index in [-0.39, 0.29) is 10.8 Å². The molecule has 0 radical (unpaired) electrons. The topological polar surface area (TPSA) is 76.3 Å². The van der Waals surface area contributed by atoms with Crippen molar-refractivity contribution in [3.05, 3.63) is 65.7 Å². The fourth-order valence-electron chi connectivity index (χ4n) is 3.32. The SMILES string of the molecule is Cc1ccc(-c2nc(C3CCN(S(=O)(=O)c4ccc(F)cc4)CC3)no2)cc1. The van der Waals surface area contributed by atoms with E-state index in [1.54, 1.807) is 0 Å². The minimum Gasteiger partial charge on any atom is -0.334 e. The summed E-state index contributed by atoms with van der Waals surface area (Å²) in [4.78, 5) is 4.61. The van der Waals surface area contributed by atoms with Crippen molar-refractivity contribution in [3.8, 4) is 11.5 Å². The number of piperidine rings is 1. The average Bonchev–Trinajstić information content (AvgIpc) is 3.19. The van der Waals surface area contributed by atoms with Gasteiger partial charge in [0.1, 0.15) is 5.82 Å². The van der Waals surface area contributed by atoms with Crippen molar-refractivity contribution < 1.29 is 17.3 Å². The minimum atomic E-state index is -3.62. The van der Waals surface area contributed by atoms with E-state index in [1.165, 1.54) is 16.4 Å². The van der Waals surface area contributed by atoms with Crippen molar-refractivity contribution in [3.63, 3.8) is 0 Å². The number of benzene rings is 2. The van der Waals surface area contributed by atoms with Crippen LogP contribution < -0.4 is 0 Å². The van der Waals surface area contributed by atoms with Crippen LogP contribution in [0.2, 0.25) is 0 Å². The van der Waals surface area contributed by atoms with Crippen LogP contribution in [-0.2, 0) is 10.0 Å². The fourth-order valence-corrected chi connectivity index (χ4v) is 4.79. The molecule has 4 rings (SSSR count). The van der Waals surface area contributed by atoms with Gasteiger partial charge in [0.25, 0.3) is 5.89 Å². The van der Waals surface area contributed by atoms with Gasteiger partial charge in [-0.15, -0.1) is 0 Å². The monoisotopic (exact) mass is 401 g/mol. The lowest BCUT2D eigenvalue weighted by molar-refractivity contribution is 0.307. The lowest BCUT2D eigenvalue weighted by Crippen LogP contribution is -2.38. The van der Waals surface area contributed by atoms with Crippen LogP contribution in [0.15, 0.2) is 57.9 Å². The van der Waals surface area contributed by atoms with E-state index in [2.05, 4.69) is 10.1 Å². The highest BCUT2D eigenvalue weighted by molar-refractivity contribution is 7.89. The van der Waals surface area contributed by atoms with Crippen LogP contribution in [0.25, 0.3) is 11.5 Å². The predicted octanol–water partition coefficient (Wildman–Crippen LogP) is 3.75. The molecular weight excluding hydrogens is 381 g/mol. The molecule has 1 aromatic heterocycles. The van der Waals surface area contributed by atoms with Crippen molar-refractivity contribution >= 4 is 10.0 Å². The zero-order valence-electron chi connectivity index (χ0n) is 15.4. The van der Waals surface area contributed by atoms with E-state index in [0.717, 1.165) is 23.3 Å². The van der Waals surface area contributed by atoms with Gasteiger partial charge in [-0.2, -0.15) is 9.29 Å². The highest BCUT2D eigenvalue weighted by atomic mass is 32.2. The van der Waals surface area contributed by atoms with Gasteiger partial charge in [0, 0.05) is 24.6 Å². The van der Waals surface area contributed by atoms with E-state index in [4.69, 9.17) is 4.52 Å². The van der Waals surface area contributed by atoms with Crippen molar-refractivity contribution in [1.29, 1.82) is 0 Å². The number of halogens is 1. The lowest BCUT2D eigenvalue weighted by Gasteiger charge is -2.29. The fraction of sp³-hybridized carbons (Fsp3) is 0.300. The Morgan fingerprint density at radius 2 is 1.68 bits per heavy atom. The maximum absolute atomic E-state index is 13.1. The third-order valence-corrected chi connectivity index (χ3v) is 6.92.